The number of hydrogen-bond acceptors (Lipinski definition) is 6. The van der Waals surface area contributed by atoms with Gasteiger partial charge in [0.2, 0.25) is 5.91 Å². The lowest BCUT2D eigenvalue weighted by Gasteiger charge is -2.39. The Bertz CT molecular complexity index is 1270. The third kappa shape index (κ3) is 4.76. The van der Waals surface area contributed by atoms with Crippen LogP contribution in [0.1, 0.15) is 78.4 Å². The lowest BCUT2D eigenvalue weighted by molar-refractivity contribution is -0.142. The Balaban J connectivity index is 1.35. The van der Waals surface area contributed by atoms with Crippen molar-refractivity contribution in [2.75, 3.05) is 6.54 Å². The SMILES string of the molecule is CCC(=O)N1CCC(c2nc(C3=NO[C@H](c4ccccc4)C3)cs2)CC1n1nc(C(F)(F)F)cc1C. The van der Waals surface area contributed by atoms with Crippen LogP contribution in [0.3, 0.4) is 0 Å². The van der Waals surface area contributed by atoms with Crippen LogP contribution >= 0.6 is 11.3 Å². The van der Waals surface area contributed by atoms with Crippen LogP contribution in [-0.2, 0) is 15.8 Å². The average Bonchev–Trinajstić information content (AvgIpc) is 3.63. The Hall–Kier alpha value is -3.21. The smallest absolute Gasteiger partial charge is 0.387 e. The molecule has 5 rings (SSSR count). The van der Waals surface area contributed by atoms with E-state index in [1.165, 1.54) is 16.0 Å². The second kappa shape index (κ2) is 9.68. The van der Waals surface area contributed by atoms with E-state index < -0.39 is 18.0 Å². The number of hydrogen-bond donors (Lipinski definition) is 0. The van der Waals surface area contributed by atoms with Crippen LogP contribution in [0.5, 0.6) is 0 Å². The minimum atomic E-state index is -4.55. The molecule has 1 aromatic carbocycles. The van der Waals surface area contributed by atoms with Crippen molar-refractivity contribution in [3.05, 3.63) is 69.4 Å². The van der Waals surface area contributed by atoms with Gasteiger partial charge in [-0.15, -0.1) is 11.3 Å². The predicted octanol–water partition coefficient (Wildman–Crippen LogP) is 5.85. The molecule has 2 aromatic heterocycles. The first-order valence-electron chi connectivity index (χ1n) is 11.9. The van der Waals surface area contributed by atoms with Crippen LogP contribution in [0.4, 0.5) is 13.2 Å². The Morgan fingerprint density at radius 2 is 2.03 bits per heavy atom. The fraction of sp³-hybridized carbons (Fsp3) is 0.440. The number of likely N-dealkylation sites (tertiary alicyclic amines) is 1. The molecule has 0 bridgehead atoms. The van der Waals surface area contributed by atoms with E-state index in [1.807, 2.05) is 35.7 Å². The van der Waals surface area contributed by atoms with Crippen molar-refractivity contribution < 1.29 is 22.8 Å². The van der Waals surface area contributed by atoms with Crippen molar-refractivity contribution in [2.45, 2.75) is 63.9 Å². The summed E-state index contributed by atoms with van der Waals surface area (Å²) in [6.07, 6.45) is -3.29. The van der Waals surface area contributed by atoms with Gasteiger partial charge in [-0.05, 0) is 31.4 Å². The van der Waals surface area contributed by atoms with Crippen molar-refractivity contribution >= 4 is 23.0 Å². The number of nitrogens with zero attached hydrogens (tertiary/aromatic N) is 5. The second-order valence-electron chi connectivity index (χ2n) is 9.07. The Kier molecular flexibility index (Phi) is 6.59. The quantitative estimate of drug-likeness (QED) is 0.426. The molecule has 2 unspecified atom stereocenters. The van der Waals surface area contributed by atoms with E-state index in [2.05, 4.69) is 10.3 Å². The highest BCUT2D eigenvalue weighted by Gasteiger charge is 2.39. The molecule has 190 valence electrons. The number of carbonyl (C=O) groups excluding carboxylic acids is 1. The molecule has 36 heavy (non-hydrogen) atoms. The third-order valence-electron chi connectivity index (χ3n) is 6.70. The van der Waals surface area contributed by atoms with E-state index >= 15 is 0 Å². The normalized spacial score (nSPS) is 22.4. The summed E-state index contributed by atoms with van der Waals surface area (Å²) in [5, 5.41) is 10.9. The maximum atomic E-state index is 13.3. The zero-order valence-electron chi connectivity index (χ0n) is 19.9. The minimum absolute atomic E-state index is 0.0135. The van der Waals surface area contributed by atoms with Gasteiger partial charge in [-0.1, -0.05) is 42.4 Å². The maximum absolute atomic E-state index is 13.3. The number of aryl methyl sites for hydroxylation is 1. The number of piperidine rings is 1. The summed E-state index contributed by atoms with van der Waals surface area (Å²) in [4.78, 5) is 24.8. The molecule has 3 aromatic rings. The summed E-state index contributed by atoms with van der Waals surface area (Å²) >= 11 is 1.51. The zero-order valence-corrected chi connectivity index (χ0v) is 20.7. The molecule has 0 spiro atoms. The molecule has 1 fully saturated rings. The topological polar surface area (TPSA) is 72.6 Å². The summed E-state index contributed by atoms with van der Waals surface area (Å²) in [6, 6.07) is 10.9. The number of rotatable bonds is 5. The third-order valence-corrected chi connectivity index (χ3v) is 7.71. The van der Waals surface area contributed by atoms with E-state index in [0.717, 1.165) is 28.0 Å². The summed E-state index contributed by atoms with van der Waals surface area (Å²) in [7, 11) is 0. The van der Waals surface area contributed by atoms with Crippen molar-refractivity contribution in [3.8, 4) is 0 Å². The number of benzene rings is 1. The van der Waals surface area contributed by atoms with Crippen molar-refractivity contribution in [2.24, 2.45) is 5.16 Å². The van der Waals surface area contributed by atoms with Crippen molar-refractivity contribution in [1.29, 1.82) is 0 Å². The Morgan fingerprint density at radius 3 is 2.72 bits per heavy atom. The van der Waals surface area contributed by atoms with Crippen LogP contribution < -0.4 is 0 Å². The number of halogens is 3. The molecule has 4 heterocycles. The first kappa shape index (κ1) is 24.5. The molecular weight excluding hydrogens is 491 g/mol. The molecule has 0 aliphatic carbocycles. The van der Waals surface area contributed by atoms with Gasteiger partial charge in [0.25, 0.3) is 0 Å². The number of thiazole rings is 1. The Morgan fingerprint density at radius 1 is 1.25 bits per heavy atom. The lowest BCUT2D eigenvalue weighted by atomic mass is 9.94. The molecule has 1 amide bonds. The van der Waals surface area contributed by atoms with Gasteiger partial charge < -0.3 is 9.74 Å². The fourth-order valence-electron chi connectivity index (χ4n) is 4.80. The van der Waals surface area contributed by atoms with Gasteiger partial charge in [-0.2, -0.15) is 18.3 Å². The lowest BCUT2D eigenvalue weighted by Crippen LogP contribution is -2.43. The summed E-state index contributed by atoms with van der Waals surface area (Å²) in [6.45, 7) is 3.77. The van der Waals surface area contributed by atoms with Crippen LogP contribution in [0.2, 0.25) is 0 Å². The van der Waals surface area contributed by atoms with Gasteiger partial charge >= 0.3 is 6.18 Å². The van der Waals surface area contributed by atoms with Gasteiger partial charge in [0.05, 0.1) is 10.7 Å². The van der Waals surface area contributed by atoms with E-state index in [4.69, 9.17) is 9.82 Å². The highest BCUT2D eigenvalue weighted by atomic mass is 32.1. The summed E-state index contributed by atoms with van der Waals surface area (Å²) in [5.74, 6) is -0.119. The first-order valence-corrected chi connectivity index (χ1v) is 12.8. The van der Waals surface area contributed by atoms with Gasteiger partial charge in [0.15, 0.2) is 11.8 Å². The van der Waals surface area contributed by atoms with E-state index in [-0.39, 0.29) is 24.3 Å². The largest absolute Gasteiger partial charge is 0.435 e. The molecule has 2 aliphatic rings. The Labute approximate surface area is 210 Å². The van der Waals surface area contributed by atoms with E-state index in [9.17, 15) is 18.0 Å². The van der Waals surface area contributed by atoms with Gasteiger partial charge in [0.1, 0.15) is 11.9 Å². The molecule has 3 atom stereocenters. The predicted molar refractivity (Wildman–Crippen MR) is 129 cm³/mol. The average molecular weight is 518 g/mol. The number of alkyl halides is 3. The highest BCUT2D eigenvalue weighted by Crippen LogP contribution is 2.40. The molecule has 1 saturated heterocycles. The summed E-state index contributed by atoms with van der Waals surface area (Å²) < 4.78 is 41.3. The minimum Gasteiger partial charge on any atom is -0.387 e. The number of aromatic nitrogens is 3. The van der Waals surface area contributed by atoms with Crippen LogP contribution in [-0.4, -0.2) is 37.8 Å². The molecule has 2 aliphatic heterocycles. The molecule has 0 saturated carbocycles. The zero-order chi connectivity index (χ0) is 25.4. The number of amides is 1. The van der Waals surface area contributed by atoms with Gasteiger partial charge in [0, 0.05) is 36.4 Å². The highest BCUT2D eigenvalue weighted by molar-refractivity contribution is 7.10. The molecule has 0 N–H and O–H groups in total. The number of carbonyl (C=O) groups is 1. The van der Waals surface area contributed by atoms with Gasteiger partial charge in [-0.3, -0.25) is 4.79 Å². The monoisotopic (exact) mass is 517 g/mol. The molecule has 11 heteroatoms. The van der Waals surface area contributed by atoms with E-state index in [1.54, 1.807) is 18.7 Å². The van der Waals surface area contributed by atoms with E-state index in [0.29, 0.717) is 31.5 Å². The number of oxime groups is 1. The molecular formula is C25H26F3N5O2S. The van der Waals surface area contributed by atoms with Crippen molar-refractivity contribution in [3.63, 3.8) is 0 Å². The second-order valence-corrected chi connectivity index (χ2v) is 9.96. The fourth-order valence-corrected chi connectivity index (χ4v) is 5.78. The molecule has 0 radical (unpaired) electrons. The maximum Gasteiger partial charge on any atom is 0.435 e. The van der Waals surface area contributed by atoms with Crippen LogP contribution in [0, 0.1) is 6.92 Å². The standard InChI is InChI=1S/C25H26F3N5O2S/c1-3-23(34)32-10-9-17(12-22(32)33-15(2)11-21(30-33)25(26,27)28)24-29-19(14-36-24)18-13-20(35-31-18)16-7-5-4-6-8-16/h4-8,11,14,17,20,22H,3,9-10,12-13H2,1-2H3/t17?,20-,22?/m0/s1. The summed E-state index contributed by atoms with van der Waals surface area (Å²) in [5.41, 5.74) is 2.00. The van der Waals surface area contributed by atoms with Gasteiger partial charge in [-0.25, -0.2) is 9.67 Å². The van der Waals surface area contributed by atoms with Crippen molar-refractivity contribution in [1.82, 2.24) is 19.7 Å². The molecule has 7 nitrogen and oxygen atoms in total. The van der Waals surface area contributed by atoms with Crippen LogP contribution in [0.25, 0.3) is 0 Å². The van der Waals surface area contributed by atoms with Crippen LogP contribution in [0.15, 0.2) is 46.9 Å². The first-order chi connectivity index (χ1) is 17.2.